The van der Waals surface area contributed by atoms with Crippen molar-refractivity contribution in [3.8, 4) is 0 Å². The molecule has 1 unspecified atom stereocenters. The average Bonchev–Trinajstić information content (AvgIpc) is 2.70. The van der Waals surface area contributed by atoms with Crippen molar-refractivity contribution >= 4 is 44.0 Å². The van der Waals surface area contributed by atoms with E-state index in [1.807, 2.05) is 19.1 Å². The van der Waals surface area contributed by atoms with Crippen molar-refractivity contribution < 1.29 is 13.9 Å². The summed E-state index contributed by atoms with van der Waals surface area (Å²) in [6, 6.07) is 18.5. The Morgan fingerprint density at radius 3 is 2.48 bits per heavy atom. The molecule has 0 spiro atoms. The van der Waals surface area contributed by atoms with E-state index in [9.17, 15) is 19.1 Å². The van der Waals surface area contributed by atoms with Crippen LogP contribution in [0.25, 0.3) is 0 Å². The first-order valence-corrected chi connectivity index (χ1v) is 10.7. The summed E-state index contributed by atoms with van der Waals surface area (Å²) < 4.78 is 13.4. The van der Waals surface area contributed by atoms with Gasteiger partial charge in [-0.2, -0.15) is 0 Å². The Balaban J connectivity index is 1.86. The van der Waals surface area contributed by atoms with Gasteiger partial charge in [-0.05, 0) is 52.7 Å². The van der Waals surface area contributed by atoms with E-state index in [1.165, 1.54) is 18.2 Å². The number of benzene rings is 3. The van der Waals surface area contributed by atoms with Gasteiger partial charge in [0, 0.05) is 27.4 Å². The van der Waals surface area contributed by atoms with Crippen LogP contribution in [0.4, 0.5) is 11.4 Å². The Hall–Kier alpha value is -2.84. The van der Waals surface area contributed by atoms with Crippen molar-refractivity contribution in [3.05, 3.63) is 98.0 Å². The first-order valence-electron chi connectivity index (χ1n) is 8.64. The zero-order valence-corrected chi connectivity index (χ0v) is 17.8. The predicted octanol–water partition coefficient (Wildman–Crippen LogP) is 5.23. The van der Waals surface area contributed by atoms with E-state index in [0.717, 1.165) is 5.56 Å². The molecule has 0 bridgehead atoms. The van der Waals surface area contributed by atoms with E-state index in [4.69, 9.17) is 0 Å². The number of hydrogen-bond acceptors (Lipinski definition) is 4. The van der Waals surface area contributed by atoms with Gasteiger partial charge in [-0.15, -0.1) is 0 Å². The Labute approximate surface area is 178 Å². The molecule has 1 N–H and O–H groups in total. The SMILES string of the molecule is Cc1ccccc1NC(=O)c1ccc(CS(=O)c2ccccc2Br)c([N+](=O)[O-])c1. The highest BCUT2D eigenvalue weighted by atomic mass is 79.9. The fraction of sp³-hybridized carbons (Fsp3) is 0.0952. The zero-order valence-electron chi connectivity index (χ0n) is 15.4. The number of hydrogen-bond donors (Lipinski definition) is 1. The highest BCUT2D eigenvalue weighted by molar-refractivity contribution is 9.10. The molecule has 8 heteroatoms. The smallest absolute Gasteiger partial charge is 0.274 e. The molecule has 0 heterocycles. The lowest BCUT2D eigenvalue weighted by Crippen LogP contribution is -2.13. The second-order valence-corrected chi connectivity index (χ2v) is 8.56. The van der Waals surface area contributed by atoms with Crippen LogP contribution in [0, 0.1) is 17.0 Å². The van der Waals surface area contributed by atoms with Gasteiger partial charge in [0.15, 0.2) is 0 Å². The largest absolute Gasteiger partial charge is 0.322 e. The van der Waals surface area contributed by atoms with Crippen LogP contribution in [0.2, 0.25) is 0 Å². The van der Waals surface area contributed by atoms with E-state index < -0.39 is 21.6 Å². The van der Waals surface area contributed by atoms with Crippen LogP contribution >= 0.6 is 15.9 Å². The first-order chi connectivity index (χ1) is 13.9. The Kier molecular flexibility index (Phi) is 6.56. The van der Waals surface area contributed by atoms with Gasteiger partial charge < -0.3 is 5.32 Å². The van der Waals surface area contributed by atoms with Gasteiger partial charge in [0.1, 0.15) is 0 Å². The van der Waals surface area contributed by atoms with Gasteiger partial charge >= 0.3 is 0 Å². The molecule has 1 atom stereocenters. The third-order valence-electron chi connectivity index (χ3n) is 4.31. The number of aryl methyl sites for hydroxylation is 1. The second kappa shape index (κ2) is 9.11. The zero-order chi connectivity index (χ0) is 21.0. The van der Waals surface area contributed by atoms with Crippen LogP contribution in [0.3, 0.4) is 0 Å². The summed E-state index contributed by atoms with van der Waals surface area (Å²) >= 11 is 3.35. The molecule has 6 nitrogen and oxygen atoms in total. The van der Waals surface area contributed by atoms with Crippen molar-refractivity contribution in [1.82, 2.24) is 0 Å². The lowest BCUT2D eigenvalue weighted by molar-refractivity contribution is -0.385. The molecule has 0 fully saturated rings. The van der Waals surface area contributed by atoms with E-state index in [-0.39, 0.29) is 17.0 Å². The Bertz CT molecular complexity index is 1120. The molecule has 3 rings (SSSR count). The Morgan fingerprint density at radius 1 is 1.10 bits per heavy atom. The fourth-order valence-corrected chi connectivity index (χ4v) is 4.78. The van der Waals surface area contributed by atoms with Crippen LogP contribution in [0.1, 0.15) is 21.5 Å². The predicted molar refractivity (Wildman–Crippen MR) is 116 cm³/mol. The third kappa shape index (κ3) is 4.96. The molecule has 29 heavy (non-hydrogen) atoms. The molecule has 0 aromatic heterocycles. The van der Waals surface area contributed by atoms with Crippen LogP contribution in [-0.4, -0.2) is 15.0 Å². The van der Waals surface area contributed by atoms with E-state index >= 15 is 0 Å². The number of carbonyl (C=O) groups excluding carboxylic acids is 1. The lowest BCUT2D eigenvalue weighted by Gasteiger charge is -2.10. The van der Waals surface area contributed by atoms with Crippen molar-refractivity contribution in [1.29, 1.82) is 0 Å². The molecule has 0 radical (unpaired) electrons. The number of halogens is 1. The fourth-order valence-electron chi connectivity index (χ4n) is 2.75. The molecule has 0 aliphatic carbocycles. The summed E-state index contributed by atoms with van der Waals surface area (Å²) in [5.41, 5.74) is 1.75. The quantitative estimate of drug-likeness (QED) is 0.393. The van der Waals surface area contributed by atoms with Gasteiger partial charge in [0.05, 0.1) is 26.4 Å². The number of anilines is 1. The standard InChI is InChI=1S/C21H17BrN2O4S/c1-14-6-2-4-8-18(14)23-21(25)15-10-11-16(19(12-15)24(26)27)13-29(28)20-9-5-3-7-17(20)22/h2-12H,13H2,1H3,(H,23,25). The number of carbonyl (C=O) groups is 1. The molecule has 0 saturated heterocycles. The molecular weight excluding hydrogens is 456 g/mol. The summed E-state index contributed by atoms with van der Waals surface area (Å²) in [5, 5.41) is 14.3. The summed E-state index contributed by atoms with van der Waals surface area (Å²) in [4.78, 5) is 24.1. The van der Waals surface area contributed by atoms with Gasteiger partial charge in [-0.3, -0.25) is 19.1 Å². The van der Waals surface area contributed by atoms with Gasteiger partial charge in [-0.25, -0.2) is 0 Å². The van der Waals surface area contributed by atoms with Crippen LogP contribution < -0.4 is 5.32 Å². The molecule has 0 aliphatic heterocycles. The Morgan fingerprint density at radius 2 is 1.79 bits per heavy atom. The number of rotatable bonds is 6. The van der Waals surface area contributed by atoms with Crippen molar-refractivity contribution in [2.75, 3.05) is 5.32 Å². The van der Waals surface area contributed by atoms with Crippen molar-refractivity contribution in [2.24, 2.45) is 0 Å². The normalized spacial score (nSPS) is 11.7. The number of nitrogens with one attached hydrogen (secondary N) is 1. The molecular formula is C21H17BrN2O4S. The highest BCUT2D eigenvalue weighted by Crippen LogP contribution is 2.27. The van der Waals surface area contributed by atoms with Crippen molar-refractivity contribution in [3.63, 3.8) is 0 Å². The van der Waals surface area contributed by atoms with Gasteiger partial charge in [0.2, 0.25) is 0 Å². The molecule has 3 aromatic rings. The third-order valence-corrected chi connectivity index (χ3v) is 6.68. The minimum Gasteiger partial charge on any atom is -0.322 e. The average molecular weight is 473 g/mol. The minimum atomic E-state index is -1.48. The summed E-state index contributed by atoms with van der Waals surface area (Å²) in [6.07, 6.45) is 0. The minimum absolute atomic E-state index is 0.0291. The van der Waals surface area contributed by atoms with E-state index in [0.29, 0.717) is 20.6 Å². The summed E-state index contributed by atoms with van der Waals surface area (Å²) in [7, 11) is -1.48. The second-order valence-electron chi connectivity index (χ2n) is 6.29. The molecule has 3 aromatic carbocycles. The maximum atomic E-state index is 12.7. The lowest BCUT2D eigenvalue weighted by atomic mass is 10.1. The number of nitro groups is 1. The van der Waals surface area contributed by atoms with E-state index in [2.05, 4.69) is 21.2 Å². The van der Waals surface area contributed by atoms with Gasteiger partial charge in [0.25, 0.3) is 11.6 Å². The maximum absolute atomic E-state index is 12.7. The first kappa shape index (κ1) is 20.9. The molecule has 148 valence electrons. The summed E-state index contributed by atoms with van der Waals surface area (Å²) in [6.45, 7) is 1.86. The monoisotopic (exact) mass is 472 g/mol. The molecule has 1 amide bonds. The van der Waals surface area contributed by atoms with Gasteiger partial charge in [-0.1, -0.05) is 36.4 Å². The number of nitrogens with zero attached hydrogens (tertiary/aromatic N) is 1. The topological polar surface area (TPSA) is 89.3 Å². The van der Waals surface area contributed by atoms with Crippen molar-refractivity contribution in [2.45, 2.75) is 17.6 Å². The maximum Gasteiger partial charge on any atom is 0.274 e. The molecule has 0 saturated carbocycles. The van der Waals surface area contributed by atoms with E-state index in [1.54, 1.807) is 36.4 Å². The number of para-hydroxylation sites is 1. The number of amides is 1. The molecule has 0 aliphatic rings. The highest BCUT2D eigenvalue weighted by Gasteiger charge is 2.20. The number of nitro benzene ring substituents is 1. The van der Waals surface area contributed by atoms with Crippen LogP contribution in [0.15, 0.2) is 76.1 Å². The van der Waals surface area contributed by atoms with Crippen LogP contribution in [0.5, 0.6) is 0 Å². The van der Waals surface area contributed by atoms with Crippen LogP contribution in [-0.2, 0) is 16.6 Å². The summed E-state index contributed by atoms with van der Waals surface area (Å²) in [5.74, 6) is -0.473.